The summed E-state index contributed by atoms with van der Waals surface area (Å²) in [4.78, 5) is 14.8. The topological polar surface area (TPSA) is 101 Å². The smallest absolute Gasteiger partial charge is 0.241 e. The predicted molar refractivity (Wildman–Crippen MR) is 140 cm³/mol. The number of alkyl halides is 1. The first-order valence-corrected chi connectivity index (χ1v) is 13.1. The van der Waals surface area contributed by atoms with E-state index in [2.05, 4.69) is 20.2 Å². The van der Waals surface area contributed by atoms with Crippen LogP contribution in [-0.4, -0.2) is 33.0 Å². The van der Waals surface area contributed by atoms with Crippen LogP contribution in [0.1, 0.15) is 17.5 Å². The van der Waals surface area contributed by atoms with E-state index in [1.54, 1.807) is 54.9 Å². The lowest BCUT2D eigenvalue weighted by atomic mass is 10.0. The fourth-order valence-electron chi connectivity index (χ4n) is 4.01. The summed E-state index contributed by atoms with van der Waals surface area (Å²) in [7, 11) is -3.80. The fraction of sp³-hybridized carbons (Fsp3) is 0.222. The van der Waals surface area contributed by atoms with Gasteiger partial charge in [0.05, 0.1) is 4.90 Å². The lowest BCUT2D eigenvalue weighted by molar-refractivity contribution is 0.485. The number of rotatable bonds is 12. The first kappa shape index (κ1) is 25.6. The zero-order chi connectivity index (χ0) is 25.4. The van der Waals surface area contributed by atoms with Crippen LogP contribution >= 0.6 is 0 Å². The van der Waals surface area contributed by atoms with Crippen LogP contribution < -0.4 is 10.0 Å². The average Bonchev–Trinajstić information content (AvgIpc) is 2.92. The Hall–Kier alpha value is -3.53. The van der Waals surface area contributed by atoms with Crippen molar-refractivity contribution in [1.29, 1.82) is 0 Å². The molecular weight excluding hydrogens is 479 g/mol. The maximum atomic E-state index is 13.2. The molecule has 0 saturated heterocycles. The molecule has 0 aliphatic rings. The van der Waals surface area contributed by atoms with E-state index in [4.69, 9.17) is 0 Å². The summed E-state index contributed by atoms with van der Waals surface area (Å²) in [5, 5.41) is 7.41. The highest BCUT2D eigenvalue weighted by Crippen LogP contribution is 2.30. The Kier molecular flexibility index (Phi) is 8.48. The predicted octanol–water partition coefficient (Wildman–Crippen LogP) is 5.27. The molecule has 0 aliphatic heterocycles. The molecule has 186 valence electrons. The Bertz CT molecular complexity index is 1440. The number of fused-ring (bicyclic) bond motifs is 1. The SMILES string of the molecule is O=Nc1ccc(CCCNCCNS(=O)(=O)c2cc(-c3cccc(CF)c3)cc3cnccc23)cc1. The Morgan fingerprint density at radius 3 is 2.50 bits per heavy atom. The third-order valence-electron chi connectivity index (χ3n) is 5.87. The molecular formula is C27H27FN4O3S. The molecule has 3 aromatic carbocycles. The van der Waals surface area contributed by atoms with Gasteiger partial charge in [-0.25, -0.2) is 17.5 Å². The molecule has 7 nitrogen and oxygen atoms in total. The number of aromatic nitrogens is 1. The second kappa shape index (κ2) is 11.9. The summed E-state index contributed by atoms with van der Waals surface area (Å²) in [5.74, 6) is 0. The van der Waals surface area contributed by atoms with Crippen LogP contribution in [0, 0.1) is 4.91 Å². The standard InChI is InChI=1S/C27H27FN4O3S/c28-18-21-3-1-5-22(15-21)23-16-24-19-30-12-10-26(24)27(17-23)36(34,35)31-14-13-29-11-2-4-20-6-8-25(32-33)9-7-20/h1,3,5-10,12,15-17,19,29,31H,2,4,11,13-14,18H2. The molecule has 0 saturated carbocycles. The van der Waals surface area contributed by atoms with Crippen molar-refractivity contribution in [1.82, 2.24) is 15.0 Å². The van der Waals surface area contributed by atoms with Crippen LogP contribution in [0.5, 0.6) is 0 Å². The fourth-order valence-corrected chi connectivity index (χ4v) is 5.30. The molecule has 0 unspecified atom stereocenters. The second-order valence-electron chi connectivity index (χ2n) is 8.41. The molecule has 0 spiro atoms. The van der Waals surface area contributed by atoms with Gasteiger partial charge in [0.1, 0.15) is 12.4 Å². The number of nitroso groups, excluding NO2 is 1. The molecule has 1 heterocycles. The Morgan fingerprint density at radius 1 is 0.889 bits per heavy atom. The minimum Gasteiger partial charge on any atom is -0.315 e. The molecule has 0 amide bonds. The van der Waals surface area contributed by atoms with Gasteiger partial charge in [-0.3, -0.25) is 4.98 Å². The molecule has 4 aromatic rings. The van der Waals surface area contributed by atoms with Gasteiger partial charge in [0.15, 0.2) is 0 Å². The lowest BCUT2D eigenvalue weighted by Gasteiger charge is -2.13. The maximum absolute atomic E-state index is 13.2. The van der Waals surface area contributed by atoms with Crippen molar-refractivity contribution in [2.24, 2.45) is 5.18 Å². The molecule has 4 rings (SSSR count). The molecule has 0 radical (unpaired) electrons. The summed E-state index contributed by atoms with van der Waals surface area (Å²) in [6, 6.07) is 19.3. The van der Waals surface area contributed by atoms with Crippen molar-refractivity contribution >= 4 is 26.5 Å². The van der Waals surface area contributed by atoms with Gasteiger partial charge in [-0.1, -0.05) is 30.3 Å². The zero-order valence-electron chi connectivity index (χ0n) is 19.7. The molecule has 2 N–H and O–H groups in total. The van der Waals surface area contributed by atoms with E-state index >= 15 is 0 Å². The third-order valence-corrected chi connectivity index (χ3v) is 7.37. The van der Waals surface area contributed by atoms with E-state index < -0.39 is 16.7 Å². The monoisotopic (exact) mass is 506 g/mol. The average molecular weight is 507 g/mol. The minimum absolute atomic E-state index is 0.163. The quantitative estimate of drug-likeness (QED) is 0.201. The number of hydrogen-bond donors (Lipinski definition) is 2. The van der Waals surface area contributed by atoms with Gasteiger partial charge >= 0.3 is 0 Å². The molecule has 36 heavy (non-hydrogen) atoms. The Balaban J connectivity index is 1.39. The summed E-state index contributed by atoms with van der Waals surface area (Å²) in [5.41, 5.74) is 3.48. The normalized spacial score (nSPS) is 11.6. The first-order chi connectivity index (χ1) is 17.5. The number of nitrogens with zero attached hydrogens (tertiary/aromatic N) is 2. The van der Waals surface area contributed by atoms with Crippen molar-refractivity contribution in [3.63, 3.8) is 0 Å². The van der Waals surface area contributed by atoms with Crippen LogP contribution in [0.4, 0.5) is 10.1 Å². The highest BCUT2D eigenvalue weighted by Gasteiger charge is 2.19. The number of halogens is 1. The number of pyridine rings is 1. The molecule has 0 bridgehead atoms. The number of hydrogen-bond acceptors (Lipinski definition) is 6. The van der Waals surface area contributed by atoms with Crippen LogP contribution in [0.2, 0.25) is 0 Å². The number of aryl methyl sites for hydroxylation is 1. The summed E-state index contributed by atoms with van der Waals surface area (Å²) < 4.78 is 42.3. The van der Waals surface area contributed by atoms with Gasteiger partial charge in [0.25, 0.3) is 0 Å². The molecule has 1 aromatic heterocycles. The summed E-state index contributed by atoms with van der Waals surface area (Å²) in [6.45, 7) is 0.845. The van der Waals surface area contributed by atoms with E-state index in [0.29, 0.717) is 34.1 Å². The van der Waals surface area contributed by atoms with Crippen LogP contribution in [0.15, 0.2) is 89.2 Å². The Labute approximate surface area is 209 Å². The van der Waals surface area contributed by atoms with E-state index in [9.17, 15) is 17.7 Å². The molecule has 0 fully saturated rings. The Morgan fingerprint density at radius 2 is 1.72 bits per heavy atom. The maximum Gasteiger partial charge on any atom is 0.241 e. The third kappa shape index (κ3) is 6.37. The highest BCUT2D eigenvalue weighted by molar-refractivity contribution is 7.89. The van der Waals surface area contributed by atoms with E-state index in [0.717, 1.165) is 30.5 Å². The molecule has 0 aliphatic carbocycles. The highest BCUT2D eigenvalue weighted by atomic mass is 32.2. The van der Waals surface area contributed by atoms with E-state index in [1.807, 2.05) is 24.3 Å². The number of sulfonamides is 1. The van der Waals surface area contributed by atoms with E-state index in [-0.39, 0.29) is 11.4 Å². The zero-order valence-corrected chi connectivity index (χ0v) is 20.5. The van der Waals surface area contributed by atoms with E-state index in [1.165, 1.54) is 0 Å². The van der Waals surface area contributed by atoms with Crippen LogP contribution in [0.25, 0.3) is 21.9 Å². The van der Waals surface area contributed by atoms with Crippen molar-refractivity contribution in [3.05, 3.63) is 95.2 Å². The van der Waals surface area contributed by atoms with Crippen molar-refractivity contribution < 1.29 is 12.8 Å². The number of benzene rings is 3. The summed E-state index contributed by atoms with van der Waals surface area (Å²) >= 11 is 0. The lowest BCUT2D eigenvalue weighted by Crippen LogP contribution is -2.32. The van der Waals surface area contributed by atoms with Crippen molar-refractivity contribution in [3.8, 4) is 11.1 Å². The second-order valence-corrected chi connectivity index (χ2v) is 10.1. The minimum atomic E-state index is -3.80. The largest absolute Gasteiger partial charge is 0.315 e. The summed E-state index contributed by atoms with van der Waals surface area (Å²) in [6.07, 6.45) is 4.91. The molecule has 9 heteroatoms. The van der Waals surface area contributed by atoms with Crippen LogP contribution in [-0.2, 0) is 23.1 Å². The van der Waals surface area contributed by atoms with Gasteiger partial charge in [-0.05, 0) is 83.2 Å². The van der Waals surface area contributed by atoms with Gasteiger partial charge in [-0.15, -0.1) is 4.91 Å². The van der Waals surface area contributed by atoms with Gasteiger partial charge in [0, 0.05) is 36.3 Å². The van der Waals surface area contributed by atoms with Gasteiger partial charge < -0.3 is 5.32 Å². The van der Waals surface area contributed by atoms with Gasteiger partial charge in [-0.2, -0.15) is 0 Å². The number of nitrogens with one attached hydrogen (secondary N) is 2. The first-order valence-electron chi connectivity index (χ1n) is 11.7. The van der Waals surface area contributed by atoms with Crippen molar-refractivity contribution in [2.75, 3.05) is 19.6 Å². The van der Waals surface area contributed by atoms with Crippen molar-refractivity contribution in [2.45, 2.75) is 24.4 Å². The molecule has 0 atom stereocenters. The van der Waals surface area contributed by atoms with Crippen LogP contribution in [0.3, 0.4) is 0 Å². The van der Waals surface area contributed by atoms with Gasteiger partial charge in [0.2, 0.25) is 10.0 Å².